The number of aryl methyl sites for hydroxylation is 5. The van der Waals surface area contributed by atoms with Crippen molar-refractivity contribution in [1.29, 1.82) is 0 Å². The normalized spacial score (nSPS) is 19.1. The maximum atomic E-state index is 12.7. The predicted molar refractivity (Wildman–Crippen MR) is 389 cm³/mol. The summed E-state index contributed by atoms with van der Waals surface area (Å²) in [6, 6.07) is 0. The summed E-state index contributed by atoms with van der Waals surface area (Å²) in [5.74, 6) is 2.44. The van der Waals surface area contributed by atoms with E-state index in [1.165, 1.54) is 33.9 Å². The molecule has 0 bridgehead atoms. The monoisotopic (exact) mass is 1470 g/mol. The highest BCUT2D eigenvalue weighted by atomic mass is 79.9. The van der Waals surface area contributed by atoms with E-state index in [2.05, 4.69) is 147 Å². The molecule has 2 N–H and O–H groups in total. The first-order valence-corrected chi connectivity index (χ1v) is 36.1. The number of alkyl halides is 2. The molecule has 4 saturated heterocycles. The second kappa shape index (κ2) is 30.8. The van der Waals surface area contributed by atoms with Gasteiger partial charge in [-0.1, -0.05) is 43.6 Å². The molecule has 6 aromatic heterocycles. The van der Waals surface area contributed by atoms with Crippen molar-refractivity contribution in [2.45, 2.75) is 257 Å². The van der Waals surface area contributed by atoms with Crippen LogP contribution < -0.4 is 22.5 Å². The lowest BCUT2D eigenvalue weighted by Crippen LogP contribution is -2.41. The summed E-state index contributed by atoms with van der Waals surface area (Å²) in [5, 5.41) is 15.8. The summed E-state index contributed by atoms with van der Waals surface area (Å²) in [4.78, 5) is 54.2. The Morgan fingerprint density at radius 3 is 1.03 bits per heavy atom. The van der Waals surface area contributed by atoms with Gasteiger partial charge in [-0.05, 0) is 198 Å². The Morgan fingerprint density at radius 1 is 0.489 bits per heavy atom. The van der Waals surface area contributed by atoms with E-state index in [0.717, 1.165) is 69.8 Å². The van der Waals surface area contributed by atoms with Gasteiger partial charge in [0, 0.05) is 83.2 Å². The van der Waals surface area contributed by atoms with Gasteiger partial charge in [-0.2, -0.15) is 10.2 Å². The number of hydrogen-bond acceptors (Lipinski definition) is 16. The molecule has 10 rings (SSSR count). The van der Waals surface area contributed by atoms with Crippen LogP contribution in [0.25, 0.3) is 20.4 Å². The Morgan fingerprint density at radius 2 is 0.761 bits per heavy atom. The van der Waals surface area contributed by atoms with Crippen LogP contribution in [0.1, 0.15) is 188 Å². The molecule has 0 atom stereocenters. The largest absolute Gasteiger partial charge is 0.488 e. The van der Waals surface area contributed by atoms with Gasteiger partial charge in [0.25, 0.3) is 11.1 Å². The highest BCUT2D eigenvalue weighted by Gasteiger charge is 2.64. The lowest BCUT2D eigenvalue weighted by molar-refractivity contribution is 0.00578. The van der Waals surface area contributed by atoms with Crippen molar-refractivity contribution in [3.05, 3.63) is 95.4 Å². The maximum absolute atomic E-state index is 12.7. The van der Waals surface area contributed by atoms with Gasteiger partial charge in [-0.3, -0.25) is 38.1 Å². The average Bonchev–Trinajstić information content (AvgIpc) is 1.59. The molecule has 0 spiro atoms. The van der Waals surface area contributed by atoms with E-state index < -0.39 is 14.0 Å². The molecule has 0 unspecified atom stereocenters. The first kappa shape index (κ1) is 81.3. The molecule has 0 radical (unpaired) electrons. The van der Waals surface area contributed by atoms with E-state index in [0.29, 0.717) is 42.1 Å². The summed E-state index contributed by atoms with van der Waals surface area (Å²) in [6.07, 6.45) is 2.87. The van der Waals surface area contributed by atoms with Gasteiger partial charge in [0.05, 0.1) is 67.0 Å². The van der Waals surface area contributed by atoms with Crippen molar-refractivity contribution in [2.24, 2.45) is 25.9 Å². The lowest BCUT2D eigenvalue weighted by atomic mass is 9.49. The highest BCUT2D eigenvalue weighted by molar-refractivity contribution is 9.10. The number of nitrogens with one attached hydrogen (secondary N) is 2. The molecule has 4 fully saturated rings. The molecule has 20 nitrogen and oxygen atoms in total. The van der Waals surface area contributed by atoms with Crippen molar-refractivity contribution in [3.63, 3.8) is 0 Å². The van der Waals surface area contributed by atoms with Gasteiger partial charge in [-0.15, -0.1) is 34.3 Å². The van der Waals surface area contributed by atoms with Crippen molar-refractivity contribution in [3.8, 4) is 0 Å². The van der Waals surface area contributed by atoms with E-state index in [1.54, 1.807) is 27.5 Å². The first-order chi connectivity index (χ1) is 42.0. The van der Waals surface area contributed by atoms with Crippen LogP contribution in [0.4, 0.5) is 0 Å². The van der Waals surface area contributed by atoms with Crippen molar-refractivity contribution in [1.82, 2.24) is 38.7 Å². The number of hydrogen-bond donors (Lipinski definition) is 2. The number of aromatic nitrogens is 8. The van der Waals surface area contributed by atoms with Gasteiger partial charge >= 0.3 is 39.6 Å². The summed E-state index contributed by atoms with van der Waals surface area (Å²) in [5.41, 5.74) is 4.20. The number of H-pyrrole nitrogens is 2. The van der Waals surface area contributed by atoms with E-state index in [1.807, 2.05) is 109 Å². The average molecular weight is 1470 g/mol. The smallest absolute Gasteiger partial charge is 0.405 e. The van der Waals surface area contributed by atoms with Gasteiger partial charge in [0.2, 0.25) is 0 Å². The van der Waals surface area contributed by atoms with Crippen LogP contribution >= 0.6 is 66.1 Å². The summed E-state index contributed by atoms with van der Waals surface area (Å²) in [7, 11) is 2.01. The minimum absolute atomic E-state index is 0.0648. The quantitative estimate of drug-likeness (QED) is 0.102. The van der Waals surface area contributed by atoms with Gasteiger partial charge in [0.15, 0.2) is 0 Å². The third-order valence-corrected chi connectivity index (χ3v) is 22.2. The molecule has 0 amide bonds. The zero-order valence-corrected chi connectivity index (χ0v) is 66.4. The molecular weight excluding hydrogens is 1360 g/mol. The zero-order chi connectivity index (χ0) is 70.9. The fourth-order valence-electron chi connectivity index (χ4n) is 10.5. The fraction of sp³-hybridized carbons (Fsp3) is 0.714. The summed E-state index contributed by atoms with van der Waals surface area (Å²) in [6.45, 7) is 55.9. The van der Waals surface area contributed by atoms with Crippen molar-refractivity contribution in [2.75, 3.05) is 12.2 Å². The Bertz CT molecular complexity index is 3420. The Labute approximate surface area is 577 Å². The van der Waals surface area contributed by atoms with E-state index in [-0.39, 0.29) is 81.5 Å². The number of halogens is 3. The maximum Gasteiger partial charge on any atom is 0.488 e. The van der Waals surface area contributed by atoms with E-state index in [4.69, 9.17) is 37.2 Å². The van der Waals surface area contributed by atoms with Gasteiger partial charge in [0.1, 0.15) is 9.66 Å². The minimum Gasteiger partial charge on any atom is -0.405 e. The zero-order valence-electron chi connectivity index (χ0n) is 60.8. The molecule has 0 aliphatic carbocycles. The van der Waals surface area contributed by atoms with Crippen LogP contribution in [0, 0.1) is 46.5 Å². The second-order valence-corrected chi connectivity index (χ2v) is 31.7. The van der Waals surface area contributed by atoms with Gasteiger partial charge < -0.3 is 37.2 Å². The summed E-state index contributed by atoms with van der Waals surface area (Å²) < 4.78 is 52.7. The highest BCUT2D eigenvalue weighted by Crippen LogP contribution is 2.44. The molecule has 4 aliphatic rings. The molecule has 0 saturated carbocycles. The van der Waals surface area contributed by atoms with Crippen LogP contribution in [0.2, 0.25) is 13.6 Å². The minimum atomic E-state index is -0.476. The van der Waals surface area contributed by atoms with Crippen LogP contribution in [0.5, 0.6) is 0 Å². The molecule has 0 aromatic carbocycles. The molecular formula is C63H105B4Br2ClN8O12S2. The van der Waals surface area contributed by atoms with Crippen LogP contribution in [0.15, 0.2) is 23.7 Å². The molecule has 6 aromatic rings. The number of fused-ring (bicyclic) bond motifs is 2. The van der Waals surface area contributed by atoms with E-state index >= 15 is 0 Å². The molecule has 29 heteroatoms. The third-order valence-electron chi connectivity index (χ3n) is 18.5. The predicted octanol–water partition coefficient (Wildman–Crippen LogP) is 13.3. The van der Waals surface area contributed by atoms with Crippen LogP contribution in [-0.2, 0) is 77.3 Å². The number of rotatable bonds is 9. The van der Waals surface area contributed by atoms with Crippen LogP contribution in [0.3, 0.4) is 0 Å². The first-order valence-electron chi connectivity index (χ1n) is 31.3. The van der Waals surface area contributed by atoms with Crippen LogP contribution in [-0.4, -0.2) is 124 Å². The number of thiophene rings is 2. The molecule has 514 valence electrons. The Kier molecular flexibility index (Phi) is 27.2. The SMILES string of the molecule is CB1OC(C)(C)C(C)(C)O1.CB1OC(C)(C)C(C)(C)O1.CBr.CC1(C)OB(B2OC(C)(C)C(C)(C)O2)OC1(C)C.CCl.Cc1n[nH]c(C)c1Cc1sc2c(c1Br)c(=O)n(C)c(=O)n2CC(C)C.Cc1n[nH]c(C)c1Cc1sc2c(c1C)c(=O)n(C)c(=O)n2CC(C)C. The van der Waals surface area contributed by atoms with Crippen molar-refractivity contribution >= 4 is 115 Å². The lowest BCUT2D eigenvalue weighted by Gasteiger charge is -2.32. The Balaban J connectivity index is 0.000000252. The molecule has 92 heavy (non-hydrogen) atoms. The van der Waals surface area contributed by atoms with Crippen molar-refractivity contribution < 1.29 is 37.2 Å². The fourth-order valence-corrected chi connectivity index (χ4v) is 13.8. The summed E-state index contributed by atoms with van der Waals surface area (Å²) >= 11 is 14.2. The number of nitrogens with zero attached hydrogens (tertiary/aromatic N) is 6. The van der Waals surface area contributed by atoms with E-state index in [9.17, 15) is 19.2 Å². The molecule has 10 heterocycles. The Hall–Kier alpha value is -3.11. The second-order valence-electron chi connectivity index (χ2n) is 28.7. The topological polar surface area (TPSA) is 219 Å². The van der Waals surface area contributed by atoms with Gasteiger partial charge in [-0.25, -0.2) is 9.59 Å². The third kappa shape index (κ3) is 17.6. The molecule has 4 aliphatic heterocycles. The number of aromatic amines is 2. The standard InChI is InChI=1S/C18H24N4O2S.C17H21BrN4O2S.C12H24B2O4.2C7H15BO2.CH3Br.CH3Cl/c1-9(2)8-22-17-15(16(23)21(6)18(22)24)10(3)14(25-17)7-13-11(4)19-20-12(13)5;1-8(2)7-22-16-13(15(23)21(5)17(22)24)14(18)12(25-16)6-11-9(3)19-20-10(11)4;1-9(2)10(3,4)16-13(15-9)14-17-11(5,6)12(7,8)18-14;2*1-6(2)7(3,4)10-8(5)9-6;2*1-2/h9H,7-8H2,1-6H3,(H,19,20);8H,6-7H2,1-5H3,(H,19,20);1-8H3;2*1-5H3;2*1H3.